The number of amides is 1. The molecule has 1 aromatic carbocycles. The molecule has 0 aliphatic heterocycles. The molecule has 2 aromatic rings. The molecular formula is C15H17N3OS. The van der Waals surface area contributed by atoms with Crippen LogP contribution >= 0.6 is 11.8 Å². The molecule has 4 nitrogen and oxygen atoms in total. The lowest BCUT2D eigenvalue weighted by Crippen LogP contribution is -2.15. The Labute approximate surface area is 123 Å². The van der Waals surface area contributed by atoms with E-state index in [1.807, 2.05) is 39.2 Å². The molecule has 0 bridgehead atoms. The van der Waals surface area contributed by atoms with Gasteiger partial charge in [-0.2, -0.15) is 0 Å². The Morgan fingerprint density at radius 1 is 1.05 bits per heavy atom. The molecule has 5 heteroatoms. The molecule has 104 valence electrons. The second-order valence-electron chi connectivity index (χ2n) is 4.71. The van der Waals surface area contributed by atoms with Crippen LogP contribution in [0.5, 0.6) is 0 Å². The minimum atomic E-state index is -0.212. The number of hydrogen-bond donors (Lipinski definition) is 1. The molecule has 1 N–H and O–H groups in total. The maximum absolute atomic E-state index is 12.2. The van der Waals surface area contributed by atoms with Crippen molar-refractivity contribution in [2.24, 2.45) is 0 Å². The summed E-state index contributed by atoms with van der Waals surface area (Å²) in [6.45, 7) is 5.86. The van der Waals surface area contributed by atoms with Gasteiger partial charge in [-0.25, -0.2) is 9.97 Å². The molecule has 2 rings (SSSR count). The molecule has 0 saturated heterocycles. The molecule has 1 heterocycles. The topological polar surface area (TPSA) is 54.9 Å². The molecule has 1 amide bonds. The fourth-order valence-electron chi connectivity index (χ4n) is 1.99. The van der Waals surface area contributed by atoms with Crippen molar-refractivity contribution in [2.45, 2.75) is 25.9 Å². The maximum Gasteiger partial charge on any atom is 0.274 e. The monoisotopic (exact) mass is 287 g/mol. The Morgan fingerprint density at radius 3 is 2.30 bits per heavy atom. The third kappa shape index (κ3) is 3.57. The number of thioether (sulfide) groups is 1. The van der Waals surface area contributed by atoms with E-state index in [1.54, 1.807) is 6.07 Å². The lowest BCUT2D eigenvalue weighted by molar-refractivity contribution is 0.102. The first-order chi connectivity index (χ1) is 9.47. The minimum absolute atomic E-state index is 0.212. The summed E-state index contributed by atoms with van der Waals surface area (Å²) in [6, 6.07) is 7.64. The van der Waals surface area contributed by atoms with Crippen molar-refractivity contribution < 1.29 is 4.79 Å². The zero-order valence-electron chi connectivity index (χ0n) is 12.0. The first kappa shape index (κ1) is 14.5. The van der Waals surface area contributed by atoms with E-state index in [-0.39, 0.29) is 5.91 Å². The van der Waals surface area contributed by atoms with Crippen LogP contribution in [0.4, 0.5) is 5.69 Å². The van der Waals surface area contributed by atoms with Crippen molar-refractivity contribution in [3.8, 4) is 0 Å². The Kier molecular flexibility index (Phi) is 4.39. The predicted octanol–water partition coefficient (Wildman–Crippen LogP) is 3.38. The van der Waals surface area contributed by atoms with Gasteiger partial charge in [0.25, 0.3) is 5.91 Å². The highest BCUT2D eigenvalue weighted by Crippen LogP contribution is 2.16. The van der Waals surface area contributed by atoms with Crippen molar-refractivity contribution in [3.05, 3.63) is 46.8 Å². The number of nitrogens with zero attached hydrogens (tertiary/aromatic N) is 2. The van der Waals surface area contributed by atoms with E-state index in [1.165, 1.54) is 11.8 Å². The summed E-state index contributed by atoms with van der Waals surface area (Å²) < 4.78 is 0. The molecule has 1 aromatic heterocycles. The standard InChI is InChI=1S/C15H17N3OS/c1-9-5-10(2)7-12(6-9)17-14(19)13-8-11(3)16-15(18-13)20-4/h5-8H,1-4H3,(H,17,19). The number of anilines is 1. The second kappa shape index (κ2) is 6.05. The molecular weight excluding hydrogens is 270 g/mol. The van der Waals surface area contributed by atoms with Gasteiger partial charge in [-0.15, -0.1) is 0 Å². The van der Waals surface area contributed by atoms with Gasteiger partial charge in [0.05, 0.1) is 0 Å². The average molecular weight is 287 g/mol. The molecule has 0 spiro atoms. The number of aryl methyl sites for hydroxylation is 3. The Bertz CT molecular complexity index is 635. The summed E-state index contributed by atoms with van der Waals surface area (Å²) in [7, 11) is 0. The molecule has 0 unspecified atom stereocenters. The lowest BCUT2D eigenvalue weighted by Gasteiger charge is -2.08. The van der Waals surface area contributed by atoms with Crippen LogP contribution in [-0.4, -0.2) is 22.1 Å². The third-order valence-corrected chi connectivity index (χ3v) is 3.28. The van der Waals surface area contributed by atoms with Crippen LogP contribution in [0.15, 0.2) is 29.4 Å². The lowest BCUT2D eigenvalue weighted by atomic mass is 10.1. The summed E-state index contributed by atoms with van der Waals surface area (Å²) in [5.41, 5.74) is 4.19. The smallest absolute Gasteiger partial charge is 0.274 e. The van der Waals surface area contributed by atoms with Crippen LogP contribution < -0.4 is 5.32 Å². The number of hydrogen-bond acceptors (Lipinski definition) is 4. The summed E-state index contributed by atoms with van der Waals surface area (Å²) in [5, 5.41) is 3.49. The van der Waals surface area contributed by atoms with Gasteiger partial charge in [0.15, 0.2) is 5.16 Å². The molecule has 0 aliphatic rings. The number of carbonyl (C=O) groups is 1. The van der Waals surface area contributed by atoms with E-state index in [9.17, 15) is 4.79 Å². The van der Waals surface area contributed by atoms with E-state index >= 15 is 0 Å². The molecule has 0 atom stereocenters. The van der Waals surface area contributed by atoms with Gasteiger partial charge in [-0.3, -0.25) is 4.79 Å². The van der Waals surface area contributed by atoms with E-state index in [0.29, 0.717) is 10.9 Å². The Balaban J connectivity index is 2.25. The molecule has 0 aliphatic carbocycles. The highest BCUT2D eigenvalue weighted by atomic mass is 32.2. The van der Waals surface area contributed by atoms with Crippen molar-refractivity contribution in [1.82, 2.24) is 9.97 Å². The quantitative estimate of drug-likeness (QED) is 0.694. The molecule has 0 fully saturated rings. The van der Waals surface area contributed by atoms with E-state index in [4.69, 9.17) is 0 Å². The van der Waals surface area contributed by atoms with Crippen molar-refractivity contribution >= 4 is 23.4 Å². The average Bonchev–Trinajstić information content (AvgIpc) is 2.36. The van der Waals surface area contributed by atoms with Gasteiger partial charge in [0, 0.05) is 11.4 Å². The number of aromatic nitrogens is 2. The summed E-state index contributed by atoms with van der Waals surface area (Å²) in [4.78, 5) is 20.7. The van der Waals surface area contributed by atoms with E-state index < -0.39 is 0 Å². The van der Waals surface area contributed by atoms with Crippen LogP contribution in [-0.2, 0) is 0 Å². The number of rotatable bonds is 3. The van der Waals surface area contributed by atoms with Gasteiger partial charge in [0.1, 0.15) is 5.69 Å². The van der Waals surface area contributed by atoms with Crippen molar-refractivity contribution in [2.75, 3.05) is 11.6 Å². The SMILES string of the molecule is CSc1nc(C)cc(C(=O)Nc2cc(C)cc(C)c2)n1. The number of carbonyl (C=O) groups excluding carboxylic acids is 1. The van der Waals surface area contributed by atoms with E-state index in [2.05, 4.69) is 21.4 Å². The predicted molar refractivity (Wildman–Crippen MR) is 82.4 cm³/mol. The Morgan fingerprint density at radius 2 is 1.70 bits per heavy atom. The maximum atomic E-state index is 12.2. The molecule has 20 heavy (non-hydrogen) atoms. The first-order valence-electron chi connectivity index (χ1n) is 6.27. The number of nitrogens with one attached hydrogen (secondary N) is 1. The fourth-order valence-corrected chi connectivity index (χ4v) is 2.42. The summed E-state index contributed by atoms with van der Waals surface area (Å²) in [5.74, 6) is -0.212. The van der Waals surface area contributed by atoms with Gasteiger partial charge < -0.3 is 5.32 Å². The minimum Gasteiger partial charge on any atom is -0.321 e. The zero-order chi connectivity index (χ0) is 14.7. The van der Waals surface area contributed by atoms with Crippen LogP contribution in [0.1, 0.15) is 27.3 Å². The van der Waals surface area contributed by atoms with Crippen LogP contribution in [0.2, 0.25) is 0 Å². The summed E-state index contributed by atoms with van der Waals surface area (Å²) in [6.07, 6.45) is 1.89. The Hall–Kier alpha value is -1.88. The van der Waals surface area contributed by atoms with Gasteiger partial charge >= 0.3 is 0 Å². The zero-order valence-corrected chi connectivity index (χ0v) is 12.8. The highest BCUT2D eigenvalue weighted by molar-refractivity contribution is 7.98. The van der Waals surface area contributed by atoms with Gasteiger partial charge in [-0.1, -0.05) is 17.8 Å². The number of benzene rings is 1. The van der Waals surface area contributed by atoms with Gasteiger partial charge in [-0.05, 0) is 56.4 Å². The molecule has 0 saturated carbocycles. The van der Waals surface area contributed by atoms with Gasteiger partial charge in [0.2, 0.25) is 0 Å². The first-order valence-corrected chi connectivity index (χ1v) is 7.50. The third-order valence-electron chi connectivity index (χ3n) is 2.73. The summed E-state index contributed by atoms with van der Waals surface area (Å²) >= 11 is 1.42. The fraction of sp³-hybridized carbons (Fsp3) is 0.267. The second-order valence-corrected chi connectivity index (χ2v) is 5.49. The van der Waals surface area contributed by atoms with Crippen LogP contribution in [0.25, 0.3) is 0 Å². The van der Waals surface area contributed by atoms with Crippen LogP contribution in [0, 0.1) is 20.8 Å². The van der Waals surface area contributed by atoms with Crippen molar-refractivity contribution in [3.63, 3.8) is 0 Å². The molecule has 0 radical (unpaired) electrons. The van der Waals surface area contributed by atoms with Crippen LogP contribution in [0.3, 0.4) is 0 Å². The highest BCUT2D eigenvalue weighted by Gasteiger charge is 2.11. The van der Waals surface area contributed by atoms with E-state index in [0.717, 1.165) is 22.5 Å². The van der Waals surface area contributed by atoms with Crippen molar-refractivity contribution in [1.29, 1.82) is 0 Å². The largest absolute Gasteiger partial charge is 0.321 e. The normalized spacial score (nSPS) is 10.4.